The maximum Gasteiger partial charge on any atom is 0.129 e. The Balaban J connectivity index is 1.95. The summed E-state index contributed by atoms with van der Waals surface area (Å²) in [4.78, 5) is 4.28. The summed E-state index contributed by atoms with van der Waals surface area (Å²) in [6, 6.07) is 16.6. The highest BCUT2D eigenvalue weighted by Crippen LogP contribution is 2.26. The van der Waals surface area contributed by atoms with Crippen molar-refractivity contribution in [3.63, 3.8) is 0 Å². The zero-order valence-corrected chi connectivity index (χ0v) is 10.6. The number of hydrogen-bond acceptors (Lipinski definition) is 4. The van der Waals surface area contributed by atoms with Crippen LogP contribution in [0, 0.1) is 11.3 Å². The van der Waals surface area contributed by atoms with E-state index in [9.17, 15) is 0 Å². The van der Waals surface area contributed by atoms with Gasteiger partial charge in [0.1, 0.15) is 17.6 Å². The number of ether oxygens (including phenoxy) is 1. The molecule has 3 rings (SSSR count). The second-order valence-electron chi connectivity index (χ2n) is 4.32. The van der Waals surface area contributed by atoms with Crippen molar-refractivity contribution in [3.8, 4) is 17.6 Å². The van der Waals surface area contributed by atoms with Gasteiger partial charge in [-0.3, -0.25) is 4.98 Å². The van der Waals surface area contributed by atoms with Crippen LogP contribution in [0.2, 0.25) is 0 Å². The molecule has 0 aliphatic carbocycles. The number of anilines is 1. The van der Waals surface area contributed by atoms with Crippen LogP contribution in [-0.2, 0) is 0 Å². The maximum absolute atomic E-state index is 8.95. The summed E-state index contributed by atoms with van der Waals surface area (Å²) >= 11 is 0. The maximum atomic E-state index is 8.95. The lowest BCUT2D eigenvalue weighted by Gasteiger charge is -2.07. The Morgan fingerprint density at radius 1 is 1.05 bits per heavy atom. The number of rotatable bonds is 2. The van der Waals surface area contributed by atoms with Crippen LogP contribution in [0.4, 0.5) is 5.69 Å². The quantitative estimate of drug-likeness (QED) is 0.717. The molecule has 0 saturated carbocycles. The van der Waals surface area contributed by atoms with E-state index < -0.39 is 0 Å². The van der Waals surface area contributed by atoms with Crippen LogP contribution in [0.15, 0.2) is 54.7 Å². The monoisotopic (exact) mass is 261 g/mol. The van der Waals surface area contributed by atoms with Gasteiger partial charge in [-0.05, 0) is 30.3 Å². The lowest BCUT2D eigenvalue weighted by molar-refractivity contribution is 0.483. The summed E-state index contributed by atoms with van der Waals surface area (Å²) in [6.07, 6.45) is 1.74. The Morgan fingerprint density at radius 3 is 2.70 bits per heavy atom. The number of nitriles is 1. The molecule has 0 aliphatic heterocycles. The van der Waals surface area contributed by atoms with E-state index in [4.69, 9.17) is 15.7 Å². The van der Waals surface area contributed by atoms with Crippen molar-refractivity contribution < 1.29 is 4.74 Å². The standard InChI is InChI=1S/C16H11N3O/c17-10-12-8-13(5-6-15(12)18)20-14-4-3-11-2-1-7-19-16(11)9-14/h1-9H,18H2. The van der Waals surface area contributed by atoms with Crippen molar-refractivity contribution in [2.45, 2.75) is 0 Å². The molecule has 0 saturated heterocycles. The molecule has 2 N–H and O–H groups in total. The number of aromatic nitrogens is 1. The third-order valence-electron chi connectivity index (χ3n) is 2.96. The number of nitrogens with two attached hydrogens (primary N) is 1. The van der Waals surface area contributed by atoms with E-state index >= 15 is 0 Å². The van der Waals surface area contributed by atoms with Crippen LogP contribution < -0.4 is 10.5 Å². The molecular weight excluding hydrogens is 250 g/mol. The lowest BCUT2D eigenvalue weighted by atomic mass is 10.2. The molecule has 1 aromatic heterocycles. The van der Waals surface area contributed by atoms with Gasteiger partial charge in [-0.15, -0.1) is 0 Å². The van der Waals surface area contributed by atoms with Gasteiger partial charge in [0.15, 0.2) is 0 Å². The topological polar surface area (TPSA) is 71.9 Å². The molecule has 0 radical (unpaired) electrons. The van der Waals surface area contributed by atoms with Gasteiger partial charge >= 0.3 is 0 Å². The Morgan fingerprint density at radius 2 is 1.85 bits per heavy atom. The van der Waals surface area contributed by atoms with Gasteiger partial charge in [-0.1, -0.05) is 6.07 Å². The number of pyridine rings is 1. The lowest BCUT2D eigenvalue weighted by Crippen LogP contribution is -1.91. The summed E-state index contributed by atoms with van der Waals surface area (Å²) in [6.45, 7) is 0. The van der Waals surface area contributed by atoms with Crippen molar-refractivity contribution in [1.29, 1.82) is 5.26 Å². The van der Waals surface area contributed by atoms with Gasteiger partial charge in [0.25, 0.3) is 0 Å². The van der Waals surface area contributed by atoms with Crippen LogP contribution in [-0.4, -0.2) is 4.98 Å². The molecular formula is C16H11N3O. The van der Waals surface area contributed by atoms with E-state index in [1.807, 2.05) is 36.4 Å². The first-order valence-electron chi connectivity index (χ1n) is 6.08. The first-order valence-corrected chi connectivity index (χ1v) is 6.08. The van der Waals surface area contributed by atoms with Gasteiger partial charge in [-0.2, -0.15) is 5.26 Å². The zero-order chi connectivity index (χ0) is 13.9. The average Bonchev–Trinajstić information content (AvgIpc) is 2.49. The molecule has 0 atom stereocenters. The van der Waals surface area contributed by atoms with E-state index in [1.54, 1.807) is 24.4 Å². The highest BCUT2D eigenvalue weighted by atomic mass is 16.5. The van der Waals surface area contributed by atoms with Crippen molar-refractivity contribution >= 4 is 16.6 Å². The van der Waals surface area contributed by atoms with Crippen molar-refractivity contribution in [3.05, 3.63) is 60.3 Å². The number of benzene rings is 2. The number of nitrogen functional groups attached to an aromatic ring is 1. The molecule has 0 aliphatic rings. The minimum atomic E-state index is 0.404. The molecule has 1 heterocycles. The van der Waals surface area contributed by atoms with Crippen LogP contribution in [0.5, 0.6) is 11.5 Å². The van der Waals surface area contributed by atoms with E-state index in [0.29, 0.717) is 22.7 Å². The Kier molecular flexibility index (Phi) is 2.94. The molecule has 3 aromatic rings. The summed E-state index contributed by atoms with van der Waals surface area (Å²) in [7, 11) is 0. The van der Waals surface area contributed by atoms with E-state index in [1.165, 1.54) is 0 Å². The SMILES string of the molecule is N#Cc1cc(Oc2ccc3cccnc3c2)ccc1N. The second-order valence-corrected chi connectivity index (χ2v) is 4.32. The van der Waals surface area contributed by atoms with Gasteiger partial charge < -0.3 is 10.5 Å². The number of nitrogens with zero attached hydrogens (tertiary/aromatic N) is 2. The molecule has 2 aromatic carbocycles. The predicted molar refractivity (Wildman–Crippen MR) is 77.4 cm³/mol. The molecule has 96 valence electrons. The minimum absolute atomic E-state index is 0.404. The van der Waals surface area contributed by atoms with E-state index in [0.717, 1.165) is 10.9 Å². The minimum Gasteiger partial charge on any atom is -0.457 e. The summed E-state index contributed by atoms with van der Waals surface area (Å²) < 4.78 is 5.74. The molecule has 4 heteroatoms. The normalized spacial score (nSPS) is 10.2. The summed E-state index contributed by atoms with van der Waals surface area (Å²) in [5.41, 5.74) is 7.39. The zero-order valence-electron chi connectivity index (χ0n) is 10.6. The highest BCUT2D eigenvalue weighted by molar-refractivity contribution is 5.79. The van der Waals surface area contributed by atoms with E-state index in [2.05, 4.69) is 4.98 Å². The highest BCUT2D eigenvalue weighted by Gasteiger charge is 2.03. The van der Waals surface area contributed by atoms with Crippen molar-refractivity contribution in [2.75, 3.05) is 5.73 Å². The van der Waals surface area contributed by atoms with Crippen LogP contribution in [0.1, 0.15) is 5.56 Å². The molecule has 0 amide bonds. The molecule has 0 fully saturated rings. The summed E-state index contributed by atoms with van der Waals surface area (Å²) in [5.74, 6) is 1.25. The molecule has 0 unspecified atom stereocenters. The average molecular weight is 261 g/mol. The third-order valence-corrected chi connectivity index (χ3v) is 2.96. The first-order chi connectivity index (χ1) is 9.76. The molecule has 0 spiro atoms. The summed E-state index contributed by atoms with van der Waals surface area (Å²) in [5, 5.41) is 10.0. The predicted octanol–water partition coefficient (Wildman–Crippen LogP) is 3.48. The Bertz CT molecular complexity index is 821. The van der Waals surface area contributed by atoms with Crippen molar-refractivity contribution in [1.82, 2.24) is 4.98 Å². The fraction of sp³-hybridized carbons (Fsp3) is 0. The first kappa shape index (κ1) is 12.0. The molecule has 4 nitrogen and oxygen atoms in total. The van der Waals surface area contributed by atoms with Gasteiger partial charge in [0, 0.05) is 29.4 Å². The fourth-order valence-corrected chi connectivity index (χ4v) is 1.94. The Hall–Kier alpha value is -3.06. The largest absolute Gasteiger partial charge is 0.457 e. The second kappa shape index (κ2) is 4.90. The van der Waals surface area contributed by atoms with Crippen LogP contribution in [0.25, 0.3) is 10.9 Å². The fourth-order valence-electron chi connectivity index (χ4n) is 1.94. The van der Waals surface area contributed by atoms with Gasteiger partial charge in [0.05, 0.1) is 11.1 Å². The van der Waals surface area contributed by atoms with Crippen molar-refractivity contribution in [2.24, 2.45) is 0 Å². The molecule has 0 bridgehead atoms. The van der Waals surface area contributed by atoms with Crippen LogP contribution >= 0.6 is 0 Å². The van der Waals surface area contributed by atoms with E-state index in [-0.39, 0.29) is 0 Å². The third kappa shape index (κ3) is 2.25. The van der Waals surface area contributed by atoms with Gasteiger partial charge in [-0.25, -0.2) is 0 Å². The number of hydrogen-bond donors (Lipinski definition) is 1. The Labute approximate surface area is 116 Å². The smallest absolute Gasteiger partial charge is 0.129 e. The van der Waals surface area contributed by atoms with Crippen LogP contribution in [0.3, 0.4) is 0 Å². The number of fused-ring (bicyclic) bond motifs is 1. The van der Waals surface area contributed by atoms with Gasteiger partial charge in [0.2, 0.25) is 0 Å². The molecule has 20 heavy (non-hydrogen) atoms.